The van der Waals surface area contributed by atoms with E-state index in [-0.39, 0.29) is 11.4 Å². The molecule has 23 heavy (non-hydrogen) atoms. The van der Waals surface area contributed by atoms with Crippen LogP contribution in [-0.2, 0) is 0 Å². The largest absolute Gasteiger partial charge is 0.496 e. The molecule has 0 unspecified atom stereocenters. The van der Waals surface area contributed by atoms with Crippen molar-refractivity contribution in [3.8, 4) is 5.75 Å². The van der Waals surface area contributed by atoms with Crippen LogP contribution < -0.4 is 15.9 Å². The average Bonchev–Trinajstić information content (AvgIpc) is 3.01. The van der Waals surface area contributed by atoms with E-state index in [4.69, 9.17) is 10.5 Å². The van der Waals surface area contributed by atoms with Gasteiger partial charge in [0.25, 0.3) is 5.91 Å². The van der Waals surface area contributed by atoms with E-state index in [1.54, 1.807) is 13.3 Å². The molecule has 1 amide bonds. The molecule has 3 aromatic rings. The zero-order valence-corrected chi connectivity index (χ0v) is 12.4. The van der Waals surface area contributed by atoms with E-state index in [1.807, 2.05) is 36.4 Å². The van der Waals surface area contributed by atoms with E-state index in [1.165, 1.54) is 6.20 Å². The van der Waals surface area contributed by atoms with E-state index in [0.717, 1.165) is 16.3 Å². The molecule has 2 aromatic carbocycles. The number of aromatic nitrogens is 2. The number of aromatic amines is 1. The molecule has 0 bridgehead atoms. The number of nitrogens with one attached hydrogen (secondary N) is 2. The predicted molar refractivity (Wildman–Crippen MR) is 88.6 cm³/mol. The van der Waals surface area contributed by atoms with Crippen molar-refractivity contribution in [2.24, 2.45) is 5.10 Å². The number of nitrogen functional groups attached to an aromatic ring is 1. The summed E-state index contributed by atoms with van der Waals surface area (Å²) in [6.45, 7) is 0. The highest BCUT2D eigenvalue weighted by atomic mass is 16.5. The van der Waals surface area contributed by atoms with Gasteiger partial charge in [-0.15, -0.1) is 0 Å². The lowest BCUT2D eigenvalue weighted by molar-refractivity contribution is 0.0956. The molecule has 0 aliphatic carbocycles. The number of fused-ring (bicyclic) bond motifs is 1. The summed E-state index contributed by atoms with van der Waals surface area (Å²) in [6, 6.07) is 11.7. The molecule has 1 heterocycles. The van der Waals surface area contributed by atoms with Gasteiger partial charge in [-0.2, -0.15) is 10.2 Å². The minimum atomic E-state index is -0.438. The van der Waals surface area contributed by atoms with Crippen LogP contribution in [0.1, 0.15) is 15.9 Å². The highest BCUT2D eigenvalue weighted by molar-refractivity contribution is 6.03. The van der Waals surface area contributed by atoms with E-state index in [0.29, 0.717) is 5.75 Å². The number of nitrogens with zero attached hydrogens (tertiary/aromatic N) is 2. The third kappa shape index (κ3) is 2.84. The number of anilines is 1. The van der Waals surface area contributed by atoms with Crippen LogP contribution in [0, 0.1) is 0 Å². The Balaban J connectivity index is 1.89. The fraction of sp³-hybridized carbons (Fsp3) is 0.0625. The fourth-order valence-corrected chi connectivity index (χ4v) is 2.28. The molecule has 0 atom stereocenters. The molecule has 0 saturated heterocycles. The molecule has 0 radical (unpaired) electrons. The highest BCUT2D eigenvalue weighted by Crippen LogP contribution is 2.26. The summed E-state index contributed by atoms with van der Waals surface area (Å²) >= 11 is 0. The number of benzene rings is 2. The second-order valence-corrected chi connectivity index (χ2v) is 4.80. The molecular formula is C16H15N5O2. The Bertz CT molecular complexity index is 885. The van der Waals surface area contributed by atoms with Crippen LogP contribution in [0.2, 0.25) is 0 Å². The molecule has 0 spiro atoms. The van der Waals surface area contributed by atoms with E-state index >= 15 is 0 Å². The molecule has 3 rings (SSSR count). The quantitative estimate of drug-likeness (QED) is 0.505. The van der Waals surface area contributed by atoms with Gasteiger partial charge in [0, 0.05) is 5.56 Å². The van der Waals surface area contributed by atoms with E-state index in [9.17, 15) is 4.79 Å². The number of hydrogen-bond donors (Lipinski definition) is 3. The number of nitrogens with two attached hydrogens (primary N) is 1. The molecule has 0 saturated carbocycles. The summed E-state index contributed by atoms with van der Waals surface area (Å²) in [5.41, 5.74) is 9.04. The van der Waals surface area contributed by atoms with Crippen LogP contribution in [0.25, 0.3) is 10.8 Å². The second kappa shape index (κ2) is 6.18. The topological polar surface area (TPSA) is 105 Å². The molecule has 7 heteroatoms. The molecule has 0 aliphatic heterocycles. The summed E-state index contributed by atoms with van der Waals surface area (Å²) in [6.07, 6.45) is 2.90. The van der Waals surface area contributed by atoms with Gasteiger partial charge in [-0.3, -0.25) is 9.89 Å². The van der Waals surface area contributed by atoms with Crippen molar-refractivity contribution in [2.75, 3.05) is 12.8 Å². The lowest BCUT2D eigenvalue weighted by atomic mass is 10.0. The van der Waals surface area contributed by atoms with Crippen LogP contribution in [0.15, 0.2) is 47.7 Å². The number of carbonyl (C=O) groups is 1. The Labute approximate surface area is 132 Å². The summed E-state index contributed by atoms with van der Waals surface area (Å²) in [5.74, 6) is 0.427. The smallest absolute Gasteiger partial charge is 0.276 e. The summed E-state index contributed by atoms with van der Waals surface area (Å²) < 4.78 is 5.36. The van der Waals surface area contributed by atoms with E-state index in [2.05, 4.69) is 20.7 Å². The Morgan fingerprint density at radius 2 is 2.17 bits per heavy atom. The fourth-order valence-electron chi connectivity index (χ4n) is 2.28. The van der Waals surface area contributed by atoms with Crippen LogP contribution in [0.4, 0.5) is 5.82 Å². The van der Waals surface area contributed by atoms with Gasteiger partial charge in [0.15, 0.2) is 0 Å². The Morgan fingerprint density at radius 3 is 2.91 bits per heavy atom. The number of carbonyl (C=O) groups excluding carboxylic acids is 1. The monoisotopic (exact) mass is 309 g/mol. The van der Waals surface area contributed by atoms with Crippen molar-refractivity contribution in [3.63, 3.8) is 0 Å². The minimum Gasteiger partial charge on any atom is -0.496 e. The SMILES string of the molecule is COc1ccc2ccccc2c1/C=N/NC(=O)c1cn[nH]c1N. The van der Waals surface area contributed by atoms with E-state index < -0.39 is 5.91 Å². The van der Waals surface area contributed by atoms with Crippen molar-refractivity contribution >= 4 is 28.7 Å². The van der Waals surface area contributed by atoms with Gasteiger partial charge >= 0.3 is 0 Å². The van der Waals surface area contributed by atoms with Crippen LogP contribution in [-0.4, -0.2) is 29.4 Å². The number of amides is 1. The van der Waals surface area contributed by atoms with Crippen molar-refractivity contribution in [1.82, 2.24) is 15.6 Å². The first kappa shape index (κ1) is 14.6. The average molecular weight is 309 g/mol. The van der Waals surface area contributed by atoms with Crippen molar-refractivity contribution in [1.29, 1.82) is 0 Å². The first-order valence-electron chi connectivity index (χ1n) is 6.88. The Morgan fingerprint density at radius 1 is 1.35 bits per heavy atom. The summed E-state index contributed by atoms with van der Waals surface area (Å²) in [4.78, 5) is 11.9. The highest BCUT2D eigenvalue weighted by Gasteiger charge is 2.11. The maximum absolute atomic E-state index is 11.9. The first-order chi connectivity index (χ1) is 11.2. The molecule has 0 fully saturated rings. The number of hydrogen-bond acceptors (Lipinski definition) is 5. The molecule has 0 aliphatic rings. The number of rotatable bonds is 4. The minimum absolute atomic E-state index is 0.195. The molecule has 1 aromatic heterocycles. The lowest BCUT2D eigenvalue weighted by Crippen LogP contribution is -2.18. The van der Waals surface area contributed by atoms with Gasteiger partial charge in [0.05, 0.1) is 19.5 Å². The van der Waals surface area contributed by atoms with Crippen LogP contribution in [0.3, 0.4) is 0 Å². The van der Waals surface area contributed by atoms with Gasteiger partial charge in [0.2, 0.25) is 0 Å². The maximum Gasteiger partial charge on any atom is 0.276 e. The summed E-state index contributed by atoms with van der Waals surface area (Å²) in [5, 5.41) is 12.2. The third-order valence-electron chi connectivity index (χ3n) is 3.42. The van der Waals surface area contributed by atoms with Gasteiger partial charge in [-0.1, -0.05) is 30.3 Å². The maximum atomic E-state index is 11.9. The predicted octanol–water partition coefficient (Wildman–Crippen LogP) is 1.92. The standard InChI is InChI=1S/C16H15N5O2/c1-23-14-7-6-10-4-2-3-5-11(10)12(14)8-19-21-16(22)13-9-18-20-15(13)17/h2-9H,1H3,(H,21,22)(H3,17,18,20)/b19-8+. The number of hydrazone groups is 1. The number of ether oxygens (including phenoxy) is 1. The van der Waals surface area contributed by atoms with Gasteiger partial charge in [-0.25, -0.2) is 5.43 Å². The first-order valence-corrected chi connectivity index (χ1v) is 6.88. The molecular weight excluding hydrogens is 294 g/mol. The van der Waals surface area contributed by atoms with Crippen molar-refractivity contribution in [3.05, 3.63) is 53.7 Å². The molecule has 4 N–H and O–H groups in total. The number of methoxy groups -OCH3 is 1. The lowest BCUT2D eigenvalue weighted by Gasteiger charge is -2.08. The second-order valence-electron chi connectivity index (χ2n) is 4.80. The normalized spacial score (nSPS) is 11.0. The van der Waals surface area contributed by atoms with Crippen LogP contribution >= 0.6 is 0 Å². The zero-order chi connectivity index (χ0) is 16.2. The van der Waals surface area contributed by atoms with Gasteiger partial charge < -0.3 is 10.5 Å². The Kier molecular flexibility index (Phi) is 3.92. The molecule has 7 nitrogen and oxygen atoms in total. The van der Waals surface area contributed by atoms with Gasteiger partial charge in [-0.05, 0) is 16.8 Å². The van der Waals surface area contributed by atoms with Gasteiger partial charge in [0.1, 0.15) is 17.1 Å². The van der Waals surface area contributed by atoms with Crippen molar-refractivity contribution in [2.45, 2.75) is 0 Å². The molecule has 116 valence electrons. The number of H-pyrrole nitrogens is 1. The third-order valence-corrected chi connectivity index (χ3v) is 3.42. The zero-order valence-electron chi connectivity index (χ0n) is 12.4. The van der Waals surface area contributed by atoms with Crippen molar-refractivity contribution < 1.29 is 9.53 Å². The van der Waals surface area contributed by atoms with Crippen LogP contribution in [0.5, 0.6) is 5.75 Å². The Hall–Kier alpha value is -3.35. The summed E-state index contributed by atoms with van der Waals surface area (Å²) in [7, 11) is 1.59.